The summed E-state index contributed by atoms with van der Waals surface area (Å²) in [6.07, 6.45) is 3.65. The van der Waals surface area contributed by atoms with Crippen LogP contribution in [0.1, 0.15) is 37.7 Å². The van der Waals surface area contributed by atoms with Gasteiger partial charge in [0.15, 0.2) is 5.96 Å². The molecule has 1 N–H and O–H groups in total. The number of guanidine groups is 1. The lowest BCUT2D eigenvalue weighted by Crippen LogP contribution is -2.40. The first-order valence-electron chi connectivity index (χ1n) is 10.8. The molecule has 5 heteroatoms. The van der Waals surface area contributed by atoms with Crippen molar-refractivity contribution < 1.29 is 0 Å². The van der Waals surface area contributed by atoms with Crippen LogP contribution < -0.4 is 5.32 Å². The minimum Gasteiger partial charge on any atom is -0.357 e. The number of rotatable bonds is 6. The highest BCUT2D eigenvalue weighted by atomic mass is 15.3. The largest absolute Gasteiger partial charge is 0.357 e. The maximum atomic E-state index is 4.94. The fraction of sp³-hybridized carbons (Fsp3) is 0.682. The Morgan fingerprint density at radius 2 is 1.96 bits per heavy atom. The Hall–Kier alpha value is -1.59. The molecule has 2 aliphatic rings. The molecule has 0 radical (unpaired) electrons. The van der Waals surface area contributed by atoms with E-state index in [1.165, 1.54) is 51.1 Å². The van der Waals surface area contributed by atoms with E-state index < -0.39 is 0 Å². The van der Waals surface area contributed by atoms with Gasteiger partial charge in [-0.2, -0.15) is 0 Å². The minimum absolute atomic E-state index is 0.629. The van der Waals surface area contributed by atoms with Crippen LogP contribution in [0.3, 0.4) is 0 Å². The molecule has 0 spiro atoms. The lowest BCUT2D eigenvalue weighted by molar-refractivity contribution is 0.275. The second-order valence-electron chi connectivity index (χ2n) is 7.93. The van der Waals surface area contributed by atoms with E-state index in [1.54, 1.807) is 0 Å². The zero-order valence-corrected chi connectivity index (χ0v) is 17.2. The second kappa shape index (κ2) is 10.7. The van der Waals surface area contributed by atoms with Crippen molar-refractivity contribution in [1.82, 2.24) is 20.0 Å². The molecule has 0 saturated carbocycles. The third-order valence-electron chi connectivity index (χ3n) is 5.80. The quantitative estimate of drug-likeness (QED) is 0.473. The molecule has 2 saturated heterocycles. The van der Waals surface area contributed by atoms with Gasteiger partial charge in [0.2, 0.25) is 0 Å². The lowest BCUT2D eigenvalue weighted by atomic mass is 9.99. The van der Waals surface area contributed by atoms with Gasteiger partial charge in [-0.05, 0) is 58.4 Å². The summed E-state index contributed by atoms with van der Waals surface area (Å²) < 4.78 is 0. The van der Waals surface area contributed by atoms with E-state index in [-0.39, 0.29) is 0 Å². The third-order valence-corrected chi connectivity index (χ3v) is 5.80. The van der Waals surface area contributed by atoms with E-state index in [1.807, 2.05) is 0 Å². The molecule has 1 unspecified atom stereocenters. The summed E-state index contributed by atoms with van der Waals surface area (Å²) >= 11 is 0. The second-order valence-corrected chi connectivity index (χ2v) is 7.93. The molecule has 1 aromatic carbocycles. The molecule has 0 bridgehead atoms. The van der Waals surface area contributed by atoms with Crippen LogP contribution in [0.25, 0.3) is 0 Å². The average molecular weight is 372 g/mol. The molecular weight excluding hydrogens is 334 g/mol. The summed E-state index contributed by atoms with van der Waals surface area (Å²) in [4.78, 5) is 12.4. The van der Waals surface area contributed by atoms with Crippen LogP contribution in [-0.4, -0.2) is 86.6 Å². The van der Waals surface area contributed by atoms with Crippen molar-refractivity contribution >= 4 is 5.96 Å². The highest BCUT2D eigenvalue weighted by Crippen LogP contribution is 2.26. The van der Waals surface area contributed by atoms with Gasteiger partial charge >= 0.3 is 0 Å². The van der Waals surface area contributed by atoms with Gasteiger partial charge < -0.3 is 20.0 Å². The van der Waals surface area contributed by atoms with Crippen LogP contribution in [-0.2, 0) is 0 Å². The smallest absolute Gasteiger partial charge is 0.193 e. The number of hydrogen-bond acceptors (Lipinski definition) is 3. The summed E-state index contributed by atoms with van der Waals surface area (Å²) in [7, 11) is 2.23. The molecular formula is C22H37N5. The first-order valence-corrected chi connectivity index (χ1v) is 10.8. The summed E-state index contributed by atoms with van der Waals surface area (Å²) in [5.41, 5.74) is 1.46. The molecule has 1 aromatic rings. The Morgan fingerprint density at radius 3 is 2.78 bits per heavy atom. The van der Waals surface area contributed by atoms with Crippen LogP contribution >= 0.6 is 0 Å². The summed E-state index contributed by atoms with van der Waals surface area (Å²) in [5, 5.41) is 3.51. The van der Waals surface area contributed by atoms with E-state index in [9.17, 15) is 0 Å². The standard InChI is InChI=1S/C22H37N5/c1-3-23-22(24-12-7-14-26-15-8-13-25(2)17-18-26)27-16-11-21(19-27)20-9-5-4-6-10-20/h4-6,9-10,21H,3,7-8,11-19H2,1-2H3,(H,23,24). The minimum atomic E-state index is 0.629. The summed E-state index contributed by atoms with van der Waals surface area (Å²) in [5.74, 6) is 1.73. The van der Waals surface area contributed by atoms with E-state index in [0.717, 1.165) is 38.6 Å². The summed E-state index contributed by atoms with van der Waals surface area (Å²) in [6.45, 7) is 12.2. The fourth-order valence-electron chi connectivity index (χ4n) is 4.18. The first kappa shape index (κ1) is 20.2. The van der Waals surface area contributed by atoms with Crippen LogP contribution in [0.4, 0.5) is 0 Å². The van der Waals surface area contributed by atoms with Crippen molar-refractivity contribution in [3.63, 3.8) is 0 Å². The number of hydrogen-bond donors (Lipinski definition) is 1. The van der Waals surface area contributed by atoms with E-state index in [2.05, 4.69) is 64.3 Å². The zero-order valence-electron chi connectivity index (χ0n) is 17.2. The van der Waals surface area contributed by atoms with Gasteiger partial charge in [0.05, 0.1) is 0 Å². The molecule has 2 aliphatic heterocycles. The number of aliphatic imine (C=N–C) groups is 1. The average Bonchev–Trinajstić information content (AvgIpc) is 3.09. The predicted molar refractivity (Wildman–Crippen MR) is 115 cm³/mol. The number of nitrogens with one attached hydrogen (secondary N) is 1. The van der Waals surface area contributed by atoms with Gasteiger partial charge in [-0.25, -0.2) is 0 Å². The Labute approximate surface area is 165 Å². The zero-order chi connectivity index (χ0) is 18.9. The fourth-order valence-corrected chi connectivity index (χ4v) is 4.18. The Kier molecular flexibility index (Phi) is 7.96. The van der Waals surface area contributed by atoms with Crippen LogP contribution in [0.5, 0.6) is 0 Å². The van der Waals surface area contributed by atoms with Crippen molar-refractivity contribution in [2.75, 3.05) is 66.0 Å². The molecule has 5 nitrogen and oxygen atoms in total. The molecule has 0 aliphatic carbocycles. The SMILES string of the molecule is CCNC(=NCCCN1CCCN(C)CC1)N1CCC(c2ccccc2)C1. The molecule has 0 aromatic heterocycles. The van der Waals surface area contributed by atoms with Crippen molar-refractivity contribution in [1.29, 1.82) is 0 Å². The van der Waals surface area contributed by atoms with Crippen molar-refractivity contribution in [2.45, 2.75) is 32.1 Å². The molecule has 2 fully saturated rings. The van der Waals surface area contributed by atoms with Crippen molar-refractivity contribution in [3.8, 4) is 0 Å². The van der Waals surface area contributed by atoms with Crippen LogP contribution in [0, 0.1) is 0 Å². The summed E-state index contributed by atoms with van der Waals surface area (Å²) in [6, 6.07) is 10.9. The molecule has 0 amide bonds. The molecule has 1 atom stereocenters. The highest BCUT2D eigenvalue weighted by Gasteiger charge is 2.25. The van der Waals surface area contributed by atoms with Gasteiger partial charge in [-0.3, -0.25) is 4.99 Å². The van der Waals surface area contributed by atoms with Gasteiger partial charge in [-0.15, -0.1) is 0 Å². The number of benzene rings is 1. The van der Waals surface area contributed by atoms with E-state index in [4.69, 9.17) is 4.99 Å². The Morgan fingerprint density at radius 1 is 1.11 bits per heavy atom. The maximum absolute atomic E-state index is 4.94. The Balaban J connectivity index is 1.47. The molecule has 27 heavy (non-hydrogen) atoms. The van der Waals surface area contributed by atoms with Crippen molar-refractivity contribution in [3.05, 3.63) is 35.9 Å². The van der Waals surface area contributed by atoms with Gasteiger partial charge in [0, 0.05) is 45.2 Å². The van der Waals surface area contributed by atoms with E-state index in [0.29, 0.717) is 5.92 Å². The Bertz CT molecular complexity index is 573. The topological polar surface area (TPSA) is 34.1 Å². The predicted octanol–water partition coefficient (Wildman–Crippen LogP) is 2.47. The maximum Gasteiger partial charge on any atom is 0.193 e. The van der Waals surface area contributed by atoms with Crippen molar-refractivity contribution in [2.24, 2.45) is 4.99 Å². The highest BCUT2D eigenvalue weighted by molar-refractivity contribution is 5.80. The lowest BCUT2D eigenvalue weighted by Gasteiger charge is -2.22. The number of likely N-dealkylation sites (tertiary alicyclic amines) is 1. The molecule has 3 rings (SSSR count). The molecule has 150 valence electrons. The monoisotopic (exact) mass is 371 g/mol. The van der Waals surface area contributed by atoms with Gasteiger partial charge in [-0.1, -0.05) is 30.3 Å². The third kappa shape index (κ3) is 6.22. The van der Waals surface area contributed by atoms with Crippen LogP contribution in [0.15, 0.2) is 35.3 Å². The van der Waals surface area contributed by atoms with Crippen LogP contribution in [0.2, 0.25) is 0 Å². The van der Waals surface area contributed by atoms with E-state index >= 15 is 0 Å². The number of nitrogens with zero attached hydrogens (tertiary/aromatic N) is 4. The number of likely N-dealkylation sites (N-methyl/N-ethyl adjacent to an activating group) is 1. The first-order chi connectivity index (χ1) is 13.3. The van der Waals surface area contributed by atoms with Gasteiger partial charge in [0.25, 0.3) is 0 Å². The van der Waals surface area contributed by atoms with Gasteiger partial charge in [0.1, 0.15) is 0 Å². The normalized spacial score (nSPS) is 22.8. The molecule has 2 heterocycles.